The highest BCUT2D eigenvalue weighted by molar-refractivity contribution is 6.08. The van der Waals surface area contributed by atoms with E-state index in [-0.39, 0.29) is 5.92 Å². The smallest absolute Gasteiger partial charge is 0.306 e. The van der Waals surface area contributed by atoms with Crippen molar-refractivity contribution in [2.45, 2.75) is 64.6 Å². The molecule has 0 saturated carbocycles. The monoisotopic (exact) mass is 230 g/mol. The Bertz CT molecular complexity index is 136. The van der Waals surface area contributed by atoms with E-state index in [4.69, 9.17) is 5.11 Å². The second-order valence-electron chi connectivity index (χ2n) is 3.94. The van der Waals surface area contributed by atoms with Gasteiger partial charge in [0.15, 0.2) is 0 Å². The molecule has 0 aromatic carbocycles. The first-order chi connectivity index (χ1) is 7.13. The molecule has 0 rings (SSSR count). The van der Waals surface area contributed by atoms with Crippen molar-refractivity contribution in [2.75, 3.05) is 0 Å². The van der Waals surface area contributed by atoms with E-state index in [1.165, 1.54) is 34.4 Å². The second-order valence-corrected chi connectivity index (χ2v) is 4.94. The molecule has 1 atom stereocenters. The molecule has 1 unspecified atom stereocenters. The van der Waals surface area contributed by atoms with Gasteiger partial charge in [-0.05, 0) is 12.8 Å². The van der Waals surface area contributed by atoms with Gasteiger partial charge in [-0.3, -0.25) is 4.79 Å². The van der Waals surface area contributed by atoms with Crippen molar-refractivity contribution in [3.8, 4) is 0 Å². The molecule has 0 aliphatic heterocycles. The van der Waals surface area contributed by atoms with Gasteiger partial charge >= 0.3 is 5.97 Å². The summed E-state index contributed by atoms with van der Waals surface area (Å²) >= 11 is 1.40. The molecule has 0 fully saturated rings. The van der Waals surface area contributed by atoms with Crippen molar-refractivity contribution in [3.63, 3.8) is 0 Å². The highest BCUT2D eigenvalue weighted by Crippen LogP contribution is 2.11. The summed E-state index contributed by atoms with van der Waals surface area (Å²) in [6, 6.07) is 0. The number of carboxylic acids is 1. The molecule has 0 radical (unpaired) electrons. The van der Waals surface area contributed by atoms with Crippen LogP contribution >= 0.6 is 0 Å². The lowest BCUT2D eigenvalue weighted by atomic mass is 10.00. The topological polar surface area (TPSA) is 37.3 Å². The first-order valence-corrected chi connectivity index (χ1v) is 7.78. The summed E-state index contributed by atoms with van der Waals surface area (Å²) in [5.41, 5.74) is 0. The van der Waals surface area contributed by atoms with Gasteiger partial charge in [0, 0.05) is 0 Å². The number of carbonyl (C=O) groups is 1. The molecule has 0 aromatic rings. The third-order valence-electron chi connectivity index (χ3n) is 2.46. The molecule has 15 heavy (non-hydrogen) atoms. The Balaban J connectivity index is 0. The number of unbranched alkanes of at least 4 members (excludes halogenated alkanes) is 2. The van der Waals surface area contributed by atoms with E-state index < -0.39 is 5.97 Å². The van der Waals surface area contributed by atoms with Crippen LogP contribution in [0, 0.1) is 5.92 Å². The molecule has 90 valence electrons. The van der Waals surface area contributed by atoms with Crippen molar-refractivity contribution >= 4 is 22.3 Å². The third-order valence-corrected chi connectivity index (χ3v) is 3.16. The zero-order valence-corrected chi connectivity index (χ0v) is 12.9. The molecule has 0 aliphatic rings. The van der Waals surface area contributed by atoms with Gasteiger partial charge in [-0.2, -0.15) is 0 Å². The van der Waals surface area contributed by atoms with E-state index in [1.807, 2.05) is 6.92 Å². The van der Waals surface area contributed by atoms with E-state index in [0.29, 0.717) is 0 Å². The summed E-state index contributed by atoms with van der Waals surface area (Å²) < 4.78 is 0. The Labute approximate surface area is 103 Å². The van der Waals surface area contributed by atoms with Crippen LogP contribution in [0.2, 0.25) is 5.28 Å². The first-order valence-electron chi connectivity index (χ1n) is 6.36. The molecule has 2 nitrogen and oxygen atoms in total. The van der Waals surface area contributed by atoms with Gasteiger partial charge in [0.05, 0.1) is 5.92 Å². The first kappa shape index (κ1) is 17.4. The minimum absolute atomic E-state index is 0.111. The average Bonchev–Trinajstić information content (AvgIpc) is 2.20. The molecule has 1 N–H and O–H groups in total. The van der Waals surface area contributed by atoms with Crippen LogP contribution in [-0.4, -0.2) is 27.4 Å². The molecule has 0 saturated heterocycles. The van der Waals surface area contributed by atoms with Gasteiger partial charge in [0.25, 0.3) is 0 Å². The van der Waals surface area contributed by atoms with Crippen molar-refractivity contribution in [1.29, 1.82) is 0 Å². The molecule has 0 aromatic heterocycles. The van der Waals surface area contributed by atoms with Crippen molar-refractivity contribution < 1.29 is 9.90 Å². The van der Waals surface area contributed by atoms with Gasteiger partial charge in [-0.25, -0.2) is 0 Å². The highest BCUT2D eigenvalue weighted by Gasteiger charge is 2.12. The summed E-state index contributed by atoms with van der Waals surface area (Å²) in [7, 11) is 0. The summed E-state index contributed by atoms with van der Waals surface area (Å²) in [5, 5.41) is 10.1. The Morgan fingerprint density at radius 3 is 1.93 bits per heavy atom. The molecule has 0 heterocycles. The highest BCUT2D eigenvalue weighted by atomic mass is 27.0. The second kappa shape index (κ2) is 14.0. The number of rotatable bonds is 7. The lowest BCUT2D eigenvalue weighted by molar-refractivity contribution is -0.142. The molecule has 3 heteroatoms. The largest absolute Gasteiger partial charge is 0.481 e. The maximum atomic E-state index is 10.4. The van der Waals surface area contributed by atoms with Crippen LogP contribution in [0.25, 0.3) is 0 Å². The third kappa shape index (κ3) is 14.0. The van der Waals surface area contributed by atoms with E-state index in [0.717, 1.165) is 25.7 Å². The van der Waals surface area contributed by atoms with Gasteiger partial charge in [-0.15, -0.1) is 5.28 Å². The van der Waals surface area contributed by atoms with Crippen LogP contribution in [0.4, 0.5) is 0 Å². The molecule has 0 aliphatic carbocycles. The van der Waals surface area contributed by atoms with Crippen LogP contribution < -0.4 is 0 Å². The van der Waals surface area contributed by atoms with Crippen LogP contribution in [0.3, 0.4) is 0 Å². The summed E-state index contributed by atoms with van der Waals surface area (Å²) in [5.74, 6) is -0.754. The zero-order chi connectivity index (χ0) is 12.1. The standard InChI is InChI=1S/C8H16O2.C4H9.Al.2H/c1-3-5-6-7(4-2)8(9)10;1-3-4-2;;;/h7H,3-6H2,1-2H3,(H,9,10);1,3-4H2,2H3;;;. The van der Waals surface area contributed by atoms with E-state index in [9.17, 15) is 4.79 Å². The molecular formula is C12H27AlO2. The van der Waals surface area contributed by atoms with Gasteiger partial charge in [-0.1, -0.05) is 46.5 Å². The predicted octanol–water partition coefficient (Wildman–Crippen LogP) is 3.13. The van der Waals surface area contributed by atoms with E-state index >= 15 is 0 Å². The molecule has 0 amide bonds. The van der Waals surface area contributed by atoms with Crippen LogP contribution in [-0.2, 0) is 4.79 Å². The van der Waals surface area contributed by atoms with Crippen molar-refractivity contribution in [1.82, 2.24) is 0 Å². The summed E-state index contributed by atoms with van der Waals surface area (Å²) in [6.07, 6.45) is 6.54. The quantitative estimate of drug-likeness (QED) is 0.682. The maximum Gasteiger partial charge on any atom is 0.306 e. The Kier molecular flexibility index (Phi) is 16.2. The Hall–Kier alpha value is 0.00247. The fraction of sp³-hybridized carbons (Fsp3) is 0.917. The van der Waals surface area contributed by atoms with Crippen LogP contribution in [0.1, 0.15) is 59.3 Å². The number of carboxylic acid groups (broad SMARTS) is 1. The lowest BCUT2D eigenvalue weighted by Crippen LogP contribution is -2.11. The van der Waals surface area contributed by atoms with Gasteiger partial charge < -0.3 is 5.11 Å². The Morgan fingerprint density at radius 2 is 1.73 bits per heavy atom. The van der Waals surface area contributed by atoms with Gasteiger partial charge in [0.2, 0.25) is 16.3 Å². The van der Waals surface area contributed by atoms with E-state index in [1.54, 1.807) is 0 Å². The Morgan fingerprint density at radius 1 is 1.20 bits per heavy atom. The normalized spacial score (nSPS) is 11.4. The maximum absolute atomic E-state index is 10.4. The summed E-state index contributed by atoms with van der Waals surface area (Å²) in [6.45, 7) is 6.24. The predicted molar refractivity (Wildman–Crippen MR) is 69.2 cm³/mol. The fourth-order valence-corrected chi connectivity index (χ4v) is 2.01. The van der Waals surface area contributed by atoms with Crippen LogP contribution in [0.5, 0.6) is 0 Å². The SMILES string of the molecule is CCCCC(CC)C(=O)O.CCC[CH2][AlH2]. The summed E-state index contributed by atoms with van der Waals surface area (Å²) in [4.78, 5) is 10.4. The van der Waals surface area contributed by atoms with Crippen molar-refractivity contribution in [2.24, 2.45) is 5.92 Å². The van der Waals surface area contributed by atoms with Crippen molar-refractivity contribution in [3.05, 3.63) is 0 Å². The fourth-order valence-electron chi connectivity index (χ4n) is 1.31. The minimum atomic E-state index is -0.643. The molecular weight excluding hydrogens is 203 g/mol. The number of hydrogen-bond donors (Lipinski definition) is 1. The van der Waals surface area contributed by atoms with E-state index in [2.05, 4.69) is 13.8 Å². The van der Waals surface area contributed by atoms with Crippen LogP contribution in [0.15, 0.2) is 0 Å². The molecule has 0 bridgehead atoms. The lowest BCUT2D eigenvalue weighted by Gasteiger charge is -2.06. The molecule has 0 spiro atoms. The number of aliphatic carboxylic acids is 1. The zero-order valence-electron chi connectivity index (χ0n) is 10.9. The average molecular weight is 230 g/mol. The number of hydrogen-bond acceptors (Lipinski definition) is 1. The minimum Gasteiger partial charge on any atom is -0.481 e. The van der Waals surface area contributed by atoms with Gasteiger partial charge in [0.1, 0.15) is 0 Å².